The topological polar surface area (TPSA) is 59.8 Å². The van der Waals surface area contributed by atoms with E-state index in [1.165, 1.54) is 0 Å². The minimum Gasteiger partial charge on any atom is -0.319 e. The van der Waals surface area contributed by atoms with Crippen molar-refractivity contribution >= 4 is 22.5 Å². The third-order valence-corrected chi connectivity index (χ3v) is 4.42. The molecule has 128 valence electrons. The zero-order valence-electron chi connectivity index (χ0n) is 14.6. The van der Waals surface area contributed by atoms with E-state index in [-0.39, 0.29) is 5.91 Å². The summed E-state index contributed by atoms with van der Waals surface area (Å²) < 4.78 is 1.84. The Morgan fingerprint density at radius 3 is 2.50 bits per heavy atom. The molecule has 5 nitrogen and oxygen atoms in total. The lowest BCUT2D eigenvalue weighted by Crippen LogP contribution is -2.14. The number of amides is 1. The van der Waals surface area contributed by atoms with Crippen LogP contribution in [-0.4, -0.2) is 20.7 Å². The largest absolute Gasteiger partial charge is 0.319 e. The number of anilines is 1. The van der Waals surface area contributed by atoms with E-state index >= 15 is 0 Å². The van der Waals surface area contributed by atoms with Gasteiger partial charge in [0.25, 0.3) is 5.91 Å². The van der Waals surface area contributed by atoms with Crippen LogP contribution in [0.15, 0.2) is 66.9 Å². The SMILES string of the molecule is Cc1nn(-c2ccccc2)c(C)c1NC(=O)c1ccnc2ccccc12. The molecule has 0 aliphatic heterocycles. The summed E-state index contributed by atoms with van der Waals surface area (Å²) >= 11 is 0. The van der Waals surface area contributed by atoms with Gasteiger partial charge in [0.2, 0.25) is 0 Å². The number of para-hydroxylation sites is 2. The molecule has 2 heterocycles. The lowest BCUT2D eigenvalue weighted by Gasteiger charge is -2.09. The van der Waals surface area contributed by atoms with Crippen LogP contribution >= 0.6 is 0 Å². The predicted octanol–water partition coefficient (Wildman–Crippen LogP) is 4.29. The van der Waals surface area contributed by atoms with Crippen LogP contribution in [0.5, 0.6) is 0 Å². The third-order valence-electron chi connectivity index (χ3n) is 4.42. The van der Waals surface area contributed by atoms with Crippen molar-refractivity contribution in [2.75, 3.05) is 5.32 Å². The smallest absolute Gasteiger partial charge is 0.256 e. The monoisotopic (exact) mass is 342 g/mol. The molecule has 0 aliphatic carbocycles. The standard InChI is InChI=1S/C21H18N4O/c1-14-20(15(2)25(24-14)16-8-4-3-5-9-16)23-21(26)18-12-13-22-19-11-7-6-10-17(18)19/h3-13H,1-2H3,(H,23,26). The third kappa shape index (κ3) is 2.73. The van der Waals surface area contributed by atoms with Gasteiger partial charge in [0.15, 0.2) is 0 Å². The summed E-state index contributed by atoms with van der Waals surface area (Å²) in [6, 6.07) is 19.2. The highest BCUT2D eigenvalue weighted by Crippen LogP contribution is 2.24. The fraction of sp³-hybridized carbons (Fsp3) is 0.0952. The lowest BCUT2D eigenvalue weighted by molar-refractivity contribution is 0.102. The van der Waals surface area contributed by atoms with E-state index in [2.05, 4.69) is 15.4 Å². The highest BCUT2D eigenvalue weighted by atomic mass is 16.1. The number of carbonyl (C=O) groups excluding carboxylic acids is 1. The Morgan fingerprint density at radius 2 is 1.69 bits per heavy atom. The van der Waals surface area contributed by atoms with Crippen LogP contribution in [0.4, 0.5) is 5.69 Å². The van der Waals surface area contributed by atoms with Crippen molar-refractivity contribution in [3.8, 4) is 5.69 Å². The second kappa shape index (κ2) is 6.44. The molecular formula is C21H18N4O. The van der Waals surface area contributed by atoms with Crippen LogP contribution < -0.4 is 5.32 Å². The van der Waals surface area contributed by atoms with Crippen molar-refractivity contribution in [2.45, 2.75) is 13.8 Å². The summed E-state index contributed by atoms with van der Waals surface area (Å²) in [5, 5.41) is 8.44. The number of rotatable bonds is 3. The molecule has 2 aromatic heterocycles. The number of nitrogens with zero attached hydrogens (tertiary/aromatic N) is 3. The minimum absolute atomic E-state index is 0.164. The van der Waals surface area contributed by atoms with Gasteiger partial charge in [-0.2, -0.15) is 5.10 Å². The van der Waals surface area contributed by atoms with Crippen molar-refractivity contribution in [2.24, 2.45) is 0 Å². The molecule has 26 heavy (non-hydrogen) atoms. The van der Waals surface area contributed by atoms with Crippen LogP contribution in [0.2, 0.25) is 0 Å². The Balaban J connectivity index is 1.71. The Hall–Kier alpha value is -3.47. The van der Waals surface area contributed by atoms with E-state index in [9.17, 15) is 4.79 Å². The average molecular weight is 342 g/mol. The summed E-state index contributed by atoms with van der Waals surface area (Å²) in [7, 11) is 0. The van der Waals surface area contributed by atoms with Crippen molar-refractivity contribution in [3.63, 3.8) is 0 Å². The van der Waals surface area contributed by atoms with Crippen molar-refractivity contribution in [1.29, 1.82) is 0 Å². The van der Waals surface area contributed by atoms with Crippen LogP contribution in [0, 0.1) is 13.8 Å². The van der Waals surface area contributed by atoms with Crippen LogP contribution in [-0.2, 0) is 0 Å². The van der Waals surface area contributed by atoms with Crippen LogP contribution in [0.3, 0.4) is 0 Å². The molecule has 0 saturated heterocycles. The highest BCUT2D eigenvalue weighted by Gasteiger charge is 2.17. The summed E-state index contributed by atoms with van der Waals surface area (Å²) in [5.74, 6) is -0.164. The molecule has 2 aromatic carbocycles. The van der Waals surface area contributed by atoms with Gasteiger partial charge in [-0.25, -0.2) is 4.68 Å². The molecule has 4 rings (SSSR count). The normalized spacial score (nSPS) is 10.8. The summed E-state index contributed by atoms with van der Waals surface area (Å²) in [6.45, 7) is 3.85. The quantitative estimate of drug-likeness (QED) is 0.604. The van der Waals surface area contributed by atoms with Crippen LogP contribution in [0.1, 0.15) is 21.7 Å². The van der Waals surface area contributed by atoms with E-state index in [1.54, 1.807) is 12.3 Å². The molecule has 0 aliphatic rings. The molecule has 1 amide bonds. The number of pyridine rings is 1. The molecule has 0 atom stereocenters. The van der Waals surface area contributed by atoms with Gasteiger partial charge in [-0.1, -0.05) is 36.4 Å². The first kappa shape index (κ1) is 16.0. The number of fused-ring (bicyclic) bond motifs is 1. The van der Waals surface area contributed by atoms with E-state index in [1.807, 2.05) is 73.1 Å². The van der Waals surface area contributed by atoms with Crippen molar-refractivity contribution in [3.05, 3.63) is 83.8 Å². The molecular weight excluding hydrogens is 324 g/mol. The first-order chi connectivity index (χ1) is 12.6. The lowest BCUT2D eigenvalue weighted by atomic mass is 10.1. The molecule has 0 saturated carbocycles. The Labute approximate surface area is 151 Å². The molecule has 0 radical (unpaired) electrons. The predicted molar refractivity (Wildman–Crippen MR) is 103 cm³/mol. The maximum absolute atomic E-state index is 12.9. The van der Waals surface area contributed by atoms with Gasteiger partial charge in [-0.3, -0.25) is 9.78 Å². The van der Waals surface area contributed by atoms with E-state index in [4.69, 9.17) is 0 Å². The number of aryl methyl sites for hydroxylation is 1. The number of hydrogen-bond donors (Lipinski definition) is 1. The van der Waals surface area contributed by atoms with Gasteiger partial charge in [-0.05, 0) is 38.1 Å². The van der Waals surface area contributed by atoms with E-state index in [0.717, 1.165) is 33.7 Å². The zero-order chi connectivity index (χ0) is 18.1. The van der Waals surface area contributed by atoms with Gasteiger partial charge in [0.05, 0.1) is 33.8 Å². The Bertz CT molecular complexity index is 1090. The number of benzene rings is 2. The summed E-state index contributed by atoms with van der Waals surface area (Å²) in [5.41, 5.74) is 4.76. The second-order valence-electron chi connectivity index (χ2n) is 6.12. The molecule has 0 fully saturated rings. The Kier molecular flexibility index (Phi) is 3.97. The maximum Gasteiger partial charge on any atom is 0.256 e. The Morgan fingerprint density at radius 1 is 0.962 bits per heavy atom. The number of nitrogens with one attached hydrogen (secondary N) is 1. The molecule has 0 bridgehead atoms. The summed E-state index contributed by atoms with van der Waals surface area (Å²) in [6.07, 6.45) is 1.66. The molecule has 1 N–H and O–H groups in total. The first-order valence-corrected chi connectivity index (χ1v) is 8.42. The van der Waals surface area contributed by atoms with Gasteiger partial charge < -0.3 is 5.32 Å². The summed E-state index contributed by atoms with van der Waals surface area (Å²) in [4.78, 5) is 17.2. The highest BCUT2D eigenvalue weighted by molar-refractivity contribution is 6.12. The number of aromatic nitrogens is 3. The average Bonchev–Trinajstić information content (AvgIpc) is 2.96. The molecule has 0 spiro atoms. The van der Waals surface area contributed by atoms with Gasteiger partial charge in [0.1, 0.15) is 0 Å². The second-order valence-corrected chi connectivity index (χ2v) is 6.12. The van der Waals surface area contributed by atoms with E-state index < -0.39 is 0 Å². The van der Waals surface area contributed by atoms with Crippen molar-refractivity contribution < 1.29 is 4.79 Å². The maximum atomic E-state index is 12.9. The number of hydrogen-bond acceptors (Lipinski definition) is 3. The van der Waals surface area contributed by atoms with Gasteiger partial charge in [0, 0.05) is 11.6 Å². The zero-order valence-corrected chi connectivity index (χ0v) is 14.6. The van der Waals surface area contributed by atoms with Crippen molar-refractivity contribution in [1.82, 2.24) is 14.8 Å². The first-order valence-electron chi connectivity index (χ1n) is 8.42. The molecule has 4 aromatic rings. The molecule has 0 unspecified atom stereocenters. The van der Waals surface area contributed by atoms with Crippen LogP contribution in [0.25, 0.3) is 16.6 Å². The fourth-order valence-corrected chi connectivity index (χ4v) is 3.12. The number of carbonyl (C=O) groups is 1. The fourth-order valence-electron chi connectivity index (χ4n) is 3.12. The van der Waals surface area contributed by atoms with E-state index in [0.29, 0.717) is 5.56 Å². The molecule has 5 heteroatoms. The minimum atomic E-state index is -0.164. The van der Waals surface area contributed by atoms with Gasteiger partial charge >= 0.3 is 0 Å². The van der Waals surface area contributed by atoms with Gasteiger partial charge in [-0.15, -0.1) is 0 Å².